The summed E-state index contributed by atoms with van der Waals surface area (Å²) < 4.78 is 2.65. The molecule has 4 rings (SSSR count). The molecule has 0 aliphatic carbocycles. The molecule has 0 radical (unpaired) electrons. The van der Waals surface area contributed by atoms with Gasteiger partial charge in [0, 0.05) is 13.1 Å². The van der Waals surface area contributed by atoms with Crippen LogP contribution in [0.25, 0.3) is 10.9 Å². The molecular formula is C21H21N3O3. The predicted octanol–water partition coefficient (Wildman–Crippen LogP) is 1.83. The van der Waals surface area contributed by atoms with Crippen LogP contribution in [0.3, 0.4) is 0 Å². The number of rotatable bonds is 4. The molecule has 2 aromatic carbocycles. The fourth-order valence-electron chi connectivity index (χ4n) is 3.63. The third-order valence-corrected chi connectivity index (χ3v) is 5.07. The normalized spacial score (nSPS) is 14.0. The lowest BCUT2D eigenvalue weighted by Crippen LogP contribution is -2.43. The van der Waals surface area contributed by atoms with Gasteiger partial charge in [-0.1, -0.05) is 42.5 Å². The van der Waals surface area contributed by atoms with Crippen molar-refractivity contribution in [1.82, 2.24) is 14.0 Å². The second kappa shape index (κ2) is 7.23. The molecule has 3 aromatic rings. The van der Waals surface area contributed by atoms with Crippen LogP contribution >= 0.6 is 0 Å². The van der Waals surface area contributed by atoms with Gasteiger partial charge in [0.05, 0.1) is 17.4 Å². The Hall–Kier alpha value is -3.15. The number of carbonyl (C=O) groups is 1. The van der Waals surface area contributed by atoms with Crippen molar-refractivity contribution < 1.29 is 4.79 Å². The summed E-state index contributed by atoms with van der Waals surface area (Å²) in [4.78, 5) is 40.4. The van der Waals surface area contributed by atoms with Crippen molar-refractivity contribution in [2.45, 2.75) is 25.9 Å². The minimum atomic E-state index is -0.449. The summed E-state index contributed by atoms with van der Waals surface area (Å²) in [6.07, 6.45) is 1.99. The number of fused-ring (bicyclic) bond motifs is 1. The molecule has 1 aromatic heterocycles. The van der Waals surface area contributed by atoms with E-state index >= 15 is 0 Å². The number of hydrogen-bond donors (Lipinski definition) is 0. The van der Waals surface area contributed by atoms with Crippen molar-refractivity contribution in [3.05, 3.63) is 81.0 Å². The highest BCUT2D eigenvalue weighted by atomic mass is 16.2. The maximum absolute atomic E-state index is 13.1. The van der Waals surface area contributed by atoms with E-state index in [-0.39, 0.29) is 24.6 Å². The molecule has 0 spiro atoms. The third-order valence-electron chi connectivity index (χ3n) is 5.07. The van der Waals surface area contributed by atoms with Gasteiger partial charge < -0.3 is 4.90 Å². The zero-order valence-corrected chi connectivity index (χ0v) is 15.0. The first-order valence-corrected chi connectivity index (χ1v) is 9.19. The maximum atomic E-state index is 13.1. The van der Waals surface area contributed by atoms with Gasteiger partial charge in [0.1, 0.15) is 6.54 Å². The van der Waals surface area contributed by atoms with Gasteiger partial charge in [-0.2, -0.15) is 0 Å². The van der Waals surface area contributed by atoms with E-state index in [0.717, 1.165) is 31.5 Å². The first-order chi connectivity index (χ1) is 13.1. The SMILES string of the molecule is O=C(Cn1c(=O)n(Cc2ccccc2)c(=O)c2ccccc21)N1CCCC1. The zero-order valence-electron chi connectivity index (χ0n) is 15.0. The molecule has 1 amide bonds. The van der Waals surface area contributed by atoms with E-state index < -0.39 is 5.69 Å². The second-order valence-electron chi connectivity index (χ2n) is 6.85. The van der Waals surface area contributed by atoms with E-state index in [9.17, 15) is 14.4 Å². The first kappa shape index (κ1) is 17.3. The number of likely N-dealkylation sites (tertiary alicyclic amines) is 1. The number of para-hydroxylation sites is 1. The van der Waals surface area contributed by atoms with E-state index in [0.29, 0.717) is 10.9 Å². The minimum Gasteiger partial charge on any atom is -0.341 e. The monoisotopic (exact) mass is 363 g/mol. The van der Waals surface area contributed by atoms with Crippen LogP contribution in [-0.4, -0.2) is 33.0 Å². The highest BCUT2D eigenvalue weighted by Gasteiger charge is 2.21. The fraction of sp³-hybridized carbons (Fsp3) is 0.286. The molecule has 0 atom stereocenters. The summed E-state index contributed by atoms with van der Waals surface area (Å²) in [5, 5.41) is 0.447. The Balaban J connectivity index is 1.83. The smallest absolute Gasteiger partial charge is 0.332 e. The lowest BCUT2D eigenvalue weighted by atomic mass is 10.2. The summed E-state index contributed by atoms with van der Waals surface area (Å²) in [7, 11) is 0. The molecule has 27 heavy (non-hydrogen) atoms. The van der Waals surface area contributed by atoms with Crippen LogP contribution in [0.4, 0.5) is 0 Å². The molecular weight excluding hydrogens is 342 g/mol. The Morgan fingerprint density at radius 1 is 0.852 bits per heavy atom. The standard InChI is InChI=1S/C21H21N3O3/c25-19(22-12-6-7-13-22)15-23-18-11-5-4-10-17(18)20(26)24(21(23)27)14-16-8-2-1-3-9-16/h1-5,8-11H,6-7,12-15H2. The van der Waals surface area contributed by atoms with E-state index in [1.165, 1.54) is 9.13 Å². The molecule has 1 saturated heterocycles. The maximum Gasteiger partial charge on any atom is 0.332 e. The quantitative estimate of drug-likeness (QED) is 0.710. The Morgan fingerprint density at radius 2 is 1.52 bits per heavy atom. The number of hydrogen-bond acceptors (Lipinski definition) is 3. The molecule has 0 unspecified atom stereocenters. The number of amides is 1. The summed E-state index contributed by atoms with van der Waals surface area (Å²) in [5.74, 6) is -0.0790. The van der Waals surface area contributed by atoms with Gasteiger partial charge in [-0.3, -0.25) is 18.7 Å². The highest BCUT2D eigenvalue weighted by Crippen LogP contribution is 2.11. The van der Waals surface area contributed by atoms with Gasteiger partial charge in [0.15, 0.2) is 0 Å². The molecule has 1 fully saturated rings. The van der Waals surface area contributed by atoms with Crippen LogP contribution < -0.4 is 11.2 Å². The lowest BCUT2D eigenvalue weighted by Gasteiger charge is -2.18. The van der Waals surface area contributed by atoms with Crippen molar-refractivity contribution >= 4 is 16.8 Å². The predicted molar refractivity (Wildman–Crippen MR) is 104 cm³/mol. The molecule has 0 bridgehead atoms. The van der Waals surface area contributed by atoms with Crippen LogP contribution in [0.2, 0.25) is 0 Å². The van der Waals surface area contributed by atoms with E-state index in [2.05, 4.69) is 0 Å². The Kier molecular flexibility index (Phi) is 4.62. The second-order valence-corrected chi connectivity index (χ2v) is 6.85. The summed E-state index contributed by atoms with van der Waals surface area (Å²) in [6.45, 7) is 1.60. The van der Waals surface area contributed by atoms with Gasteiger partial charge >= 0.3 is 5.69 Å². The first-order valence-electron chi connectivity index (χ1n) is 9.19. The molecule has 1 aliphatic rings. The number of carbonyl (C=O) groups excluding carboxylic acids is 1. The summed E-state index contributed by atoms with van der Waals surface area (Å²) >= 11 is 0. The van der Waals surface area contributed by atoms with E-state index in [4.69, 9.17) is 0 Å². The van der Waals surface area contributed by atoms with Gasteiger partial charge in [-0.05, 0) is 30.5 Å². The topological polar surface area (TPSA) is 64.3 Å². The van der Waals surface area contributed by atoms with E-state index in [1.54, 1.807) is 29.2 Å². The Morgan fingerprint density at radius 3 is 2.26 bits per heavy atom. The van der Waals surface area contributed by atoms with Crippen molar-refractivity contribution in [2.24, 2.45) is 0 Å². The minimum absolute atomic E-state index is 0.0472. The molecule has 2 heterocycles. The molecule has 6 heteroatoms. The zero-order chi connectivity index (χ0) is 18.8. The molecule has 6 nitrogen and oxygen atoms in total. The molecule has 1 aliphatic heterocycles. The van der Waals surface area contributed by atoms with Gasteiger partial charge in [-0.25, -0.2) is 4.79 Å². The molecule has 138 valence electrons. The van der Waals surface area contributed by atoms with Crippen LogP contribution in [-0.2, 0) is 17.9 Å². The van der Waals surface area contributed by atoms with Gasteiger partial charge in [-0.15, -0.1) is 0 Å². The van der Waals surface area contributed by atoms with Gasteiger partial charge in [0.2, 0.25) is 5.91 Å². The van der Waals surface area contributed by atoms with Crippen LogP contribution in [0.15, 0.2) is 64.2 Å². The van der Waals surface area contributed by atoms with Crippen LogP contribution in [0.5, 0.6) is 0 Å². The average molecular weight is 363 g/mol. The van der Waals surface area contributed by atoms with Crippen LogP contribution in [0.1, 0.15) is 18.4 Å². The summed E-state index contributed by atoms with van der Waals surface area (Å²) in [6, 6.07) is 16.4. The average Bonchev–Trinajstić information content (AvgIpc) is 3.24. The van der Waals surface area contributed by atoms with Crippen molar-refractivity contribution in [1.29, 1.82) is 0 Å². The number of aromatic nitrogens is 2. The van der Waals surface area contributed by atoms with E-state index in [1.807, 2.05) is 30.3 Å². The third kappa shape index (κ3) is 3.30. The number of nitrogens with zero attached hydrogens (tertiary/aromatic N) is 3. The fourth-order valence-corrected chi connectivity index (χ4v) is 3.63. The molecule has 0 saturated carbocycles. The van der Waals surface area contributed by atoms with Crippen molar-refractivity contribution in [2.75, 3.05) is 13.1 Å². The molecule has 0 N–H and O–H groups in total. The lowest BCUT2D eigenvalue weighted by molar-refractivity contribution is -0.130. The highest BCUT2D eigenvalue weighted by molar-refractivity contribution is 5.81. The largest absolute Gasteiger partial charge is 0.341 e. The summed E-state index contributed by atoms with van der Waals surface area (Å²) in [5.41, 5.74) is 0.591. The van der Waals surface area contributed by atoms with Crippen LogP contribution in [0, 0.1) is 0 Å². The number of benzene rings is 2. The van der Waals surface area contributed by atoms with Crippen molar-refractivity contribution in [3.63, 3.8) is 0 Å². The Bertz CT molecular complexity index is 1090. The Labute approximate surface area is 156 Å². The van der Waals surface area contributed by atoms with Crippen molar-refractivity contribution in [3.8, 4) is 0 Å². The van der Waals surface area contributed by atoms with Gasteiger partial charge in [0.25, 0.3) is 5.56 Å².